The van der Waals surface area contributed by atoms with Gasteiger partial charge in [-0.2, -0.15) is 0 Å². The zero-order chi connectivity index (χ0) is 10.7. The molecular weight excluding hydrogens is 191 g/mol. The van der Waals surface area contributed by atoms with Crippen LogP contribution < -0.4 is 5.46 Å². The molecule has 15 heavy (non-hydrogen) atoms. The standard InChI is InChI=1S/C10H9BN2O2/c14-11(15)10-3-1-8(2-4-10)9-5-12-7-13-6-9/h1-7,14-15H. The molecule has 5 heteroatoms. The van der Waals surface area contributed by atoms with E-state index in [4.69, 9.17) is 10.0 Å². The third-order valence-electron chi connectivity index (χ3n) is 2.10. The van der Waals surface area contributed by atoms with Crippen LogP contribution >= 0.6 is 0 Å². The van der Waals surface area contributed by atoms with Gasteiger partial charge in [0, 0.05) is 18.0 Å². The minimum Gasteiger partial charge on any atom is -0.423 e. The Hall–Kier alpha value is -1.72. The van der Waals surface area contributed by atoms with E-state index in [1.54, 1.807) is 36.7 Å². The SMILES string of the molecule is OB(O)c1ccc(-c2cncnc2)cc1. The Labute approximate surface area is 87.4 Å². The number of rotatable bonds is 2. The first-order valence-electron chi connectivity index (χ1n) is 4.49. The second kappa shape index (κ2) is 4.21. The largest absolute Gasteiger partial charge is 0.488 e. The fraction of sp³-hybridized carbons (Fsp3) is 0. The maximum Gasteiger partial charge on any atom is 0.488 e. The van der Waals surface area contributed by atoms with E-state index in [9.17, 15) is 0 Å². The molecule has 0 aliphatic rings. The Bertz CT molecular complexity index is 431. The van der Waals surface area contributed by atoms with Crippen LogP contribution in [0.1, 0.15) is 0 Å². The van der Waals surface area contributed by atoms with Crippen LogP contribution in [0.25, 0.3) is 11.1 Å². The van der Waals surface area contributed by atoms with Gasteiger partial charge in [0.1, 0.15) is 6.33 Å². The summed E-state index contributed by atoms with van der Waals surface area (Å²) in [5.41, 5.74) is 2.31. The van der Waals surface area contributed by atoms with Crippen LogP contribution in [0.3, 0.4) is 0 Å². The van der Waals surface area contributed by atoms with E-state index >= 15 is 0 Å². The number of benzene rings is 1. The van der Waals surface area contributed by atoms with E-state index in [1.165, 1.54) is 6.33 Å². The third kappa shape index (κ3) is 2.20. The van der Waals surface area contributed by atoms with E-state index in [-0.39, 0.29) is 0 Å². The molecule has 0 bridgehead atoms. The summed E-state index contributed by atoms with van der Waals surface area (Å²) in [6.07, 6.45) is 4.88. The van der Waals surface area contributed by atoms with Crippen LogP contribution in [-0.4, -0.2) is 27.1 Å². The summed E-state index contributed by atoms with van der Waals surface area (Å²) in [5, 5.41) is 17.8. The number of hydrogen-bond acceptors (Lipinski definition) is 4. The molecule has 0 saturated heterocycles. The molecule has 0 unspecified atom stereocenters. The van der Waals surface area contributed by atoms with Crippen molar-refractivity contribution >= 4 is 12.6 Å². The molecule has 0 radical (unpaired) electrons. The first-order chi connectivity index (χ1) is 7.27. The van der Waals surface area contributed by atoms with Gasteiger partial charge in [0.05, 0.1) is 0 Å². The summed E-state index contributed by atoms with van der Waals surface area (Å²) in [6, 6.07) is 6.92. The van der Waals surface area contributed by atoms with E-state index in [0.29, 0.717) is 5.46 Å². The fourth-order valence-corrected chi connectivity index (χ4v) is 1.30. The van der Waals surface area contributed by atoms with Crippen LogP contribution in [0, 0.1) is 0 Å². The molecule has 0 aliphatic heterocycles. The van der Waals surface area contributed by atoms with Crippen LogP contribution in [0.4, 0.5) is 0 Å². The second-order valence-electron chi connectivity index (χ2n) is 3.12. The van der Waals surface area contributed by atoms with Gasteiger partial charge < -0.3 is 10.0 Å². The lowest BCUT2D eigenvalue weighted by atomic mass is 9.80. The van der Waals surface area contributed by atoms with Gasteiger partial charge in [-0.25, -0.2) is 9.97 Å². The zero-order valence-corrected chi connectivity index (χ0v) is 7.91. The molecule has 0 atom stereocenters. The summed E-state index contributed by atoms with van der Waals surface area (Å²) in [7, 11) is -1.42. The first-order valence-corrected chi connectivity index (χ1v) is 4.49. The van der Waals surface area contributed by atoms with E-state index in [0.717, 1.165) is 11.1 Å². The minimum absolute atomic E-state index is 0.468. The predicted molar refractivity (Wildman–Crippen MR) is 57.3 cm³/mol. The zero-order valence-electron chi connectivity index (χ0n) is 7.91. The summed E-state index contributed by atoms with van der Waals surface area (Å²) >= 11 is 0. The molecule has 0 spiro atoms. The third-order valence-corrected chi connectivity index (χ3v) is 2.10. The Balaban J connectivity index is 2.32. The highest BCUT2D eigenvalue weighted by atomic mass is 16.4. The molecule has 0 amide bonds. The lowest BCUT2D eigenvalue weighted by Crippen LogP contribution is -2.29. The molecular formula is C10H9BN2O2. The van der Waals surface area contributed by atoms with Crippen LogP contribution in [0.2, 0.25) is 0 Å². The van der Waals surface area contributed by atoms with Crippen LogP contribution in [0.5, 0.6) is 0 Å². The Morgan fingerprint density at radius 3 is 2.00 bits per heavy atom. The summed E-state index contributed by atoms with van der Waals surface area (Å²) in [4.78, 5) is 7.82. The van der Waals surface area contributed by atoms with Gasteiger partial charge in [0.25, 0.3) is 0 Å². The van der Waals surface area contributed by atoms with Gasteiger partial charge in [-0.15, -0.1) is 0 Å². The quantitative estimate of drug-likeness (QED) is 0.660. The Morgan fingerprint density at radius 2 is 1.47 bits per heavy atom. The fourth-order valence-electron chi connectivity index (χ4n) is 1.30. The maximum absolute atomic E-state index is 8.92. The average molecular weight is 200 g/mol. The Kier molecular flexibility index (Phi) is 2.76. The highest BCUT2D eigenvalue weighted by Gasteiger charge is 2.09. The summed E-state index contributed by atoms with van der Waals surface area (Å²) < 4.78 is 0. The first kappa shape index (κ1) is 9.83. The molecule has 1 heterocycles. The summed E-state index contributed by atoms with van der Waals surface area (Å²) in [6.45, 7) is 0. The lowest BCUT2D eigenvalue weighted by Gasteiger charge is -2.02. The highest BCUT2D eigenvalue weighted by Crippen LogP contribution is 2.14. The van der Waals surface area contributed by atoms with Gasteiger partial charge >= 0.3 is 7.12 Å². The van der Waals surface area contributed by atoms with Gasteiger partial charge in [0.15, 0.2) is 0 Å². The van der Waals surface area contributed by atoms with Crippen molar-refractivity contribution in [2.24, 2.45) is 0 Å². The monoisotopic (exact) mass is 200 g/mol. The number of nitrogens with zero attached hydrogens (tertiary/aromatic N) is 2. The molecule has 2 N–H and O–H groups in total. The van der Waals surface area contributed by atoms with Crippen molar-refractivity contribution in [2.75, 3.05) is 0 Å². The van der Waals surface area contributed by atoms with Gasteiger partial charge in [-0.05, 0) is 11.0 Å². The molecule has 2 aromatic rings. The van der Waals surface area contributed by atoms with Crippen molar-refractivity contribution in [2.45, 2.75) is 0 Å². The second-order valence-corrected chi connectivity index (χ2v) is 3.12. The number of aromatic nitrogens is 2. The predicted octanol–water partition coefficient (Wildman–Crippen LogP) is -0.177. The minimum atomic E-state index is -1.42. The molecule has 1 aromatic heterocycles. The molecule has 4 nitrogen and oxygen atoms in total. The summed E-state index contributed by atoms with van der Waals surface area (Å²) in [5.74, 6) is 0. The molecule has 0 aliphatic carbocycles. The Morgan fingerprint density at radius 1 is 0.867 bits per heavy atom. The normalized spacial score (nSPS) is 10.0. The molecule has 2 rings (SSSR count). The van der Waals surface area contributed by atoms with Crippen molar-refractivity contribution < 1.29 is 10.0 Å². The van der Waals surface area contributed by atoms with Gasteiger partial charge in [-0.3, -0.25) is 0 Å². The van der Waals surface area contributed by atoms with E-state index < -0.39 is 7.12 Å². The van der Waals surface area contributed by atoms with Crippen LogP contribution in [-0.2, 0) is 0 Å². The topological polar surface area (TPSA) is 66.2 Å². The van der Waals surface area contributed by atoms with E-state index in [1.807, 2.05) is 0 Å². The smallest absolute Gasteiger partial charge is 0.423 e. The van der Waals surface area contributed by atoms with Gasteiger partial charge in [-0.1, -0.05) is 24.3 Å². The highest BCUT2D eigenvalue weighted by molar-refractivity contribution is 6.58. The maximum atomic E-state index is 8.92. The van der Waals surface area contributed by atoms with E-state index in [2.05, 4.69) is 9.97 Å². The molecule has 0 saturated carbocycles. The van der Waals surface area contributed by atoms with Crippen LogP contribution in [0.15, 0.2) is 43.0 Å². The van der Waals surface area contributed by atoms with Crippen molar-refractivity contribution in [3.05, 3.63) is 43.0 Å². The van der Waals surface area contributed by atoms with Crippen molar-refractivity contribution in [1.82, 2.24) is 9.97 Å². The lowest BCUT2D eigenvalue weighted by molar-refractivity contribution is 0.426. The van der Waals surface area contributed by atoms with Crippen molar-refractivity contribution in [3.8, 4) is 11.1 Å². The van der Waals surface area contributed by atoms with Crippen molar-refractivity contribution in [3.63, 3.8) is 0 Å². The van der Waals surface area contributed by atoms with Crippen molar-refractivity contribution in [1.29, 1.82) is 0 Å². The average Bonchev–Trinajstić information content (AvgIpc) is 2.30. The molecule has 1 aromatic carbocycles. The molecule has 0 fully saturated rings. The van der Waals surface area contributed by atoms with Gasteiger partial charge in [0.2, 0.25) is 0 Å². The molecule has 74 valence electrons. The number of hydrogen-bond donors (Lipinski definition) is 2.